The largest absolute Gasteiger partial charge is 0.493 e. The van der Waals surface area contributed by atoms with Gasteiger partial charge in [0.15, 0.2) is 27.0 Å². The van der Waals surface area contributed by atoms with E-state index in [9.17, 15) is 26.4 Å². The number of alkyl halides is 3. The van der Waals surface area contributed by atoms with Gasteiger partial charge in [-0.15, -0.1) is 0 Å². The molecule has 3 heterocycles. The van der Waals surface area contributed by atoms with Crippen molar-refractivity contribution in [2.45, 2.75) is 25.6 Å². The molecule has 40 heavy (non-hydrogen) atoms. The third-order valence-corrected chi connectivity index (χ3v) is 8.54. The van der Waals surface area contributed by atoms with E-state index in [0.29, 0.717) is 45.9 Å². The molecule has 1 atom stereocenters. The van der Waals surface area contributed by atoms with Crippen LogP contribution in [0.3, 0.4) is 0 Å². The van der Waals surface area contributed by atoms with Crippen molar-refractivity contribution in [1.29, 1.82) is 0 Å². The van der Waals surface area contributed by atoms with Crippen LogP contribution in [-0.4, -0.2) is 54.8 Å². The molecule has 1 amide bonds. The molecule has 2 aromatic carbocycles. The average molecular weight is 575 g/mol. The fraction of sp³-hybridized carbons (Fsp3) is 0.296. The summed E-state index contributed by atoms with van der Waals surface area (Å²) in [7, 11) is -0.253. The molecule has 210 valence electrons. The number of sulfone groups is 1. The summed E-state index contributed by atoms with van der Waals surface area (Å²) in [5.41, 5.74) is 1.27. The van der Waals surface area contributed by atoms with Crippen LogP contribution in [0.25, 0.3) is 22.3 Å². The van der Waals surface area contributed by atoms with Gasteiger partial charge >= 0.3 is 6.18 Å². The van der Waals surface area contributed by atoms with Gasteiger partial charge in [-0.25, -0.2) is 18.1 Å². The summed E-state index contributed by atoms with van der Waals surface area (Å²) < 4.78 is 75.7. The summed E-state index contributed by atoms with van der Waals surface area (Å²) in [6.07, 6.45) is -4.15. The molecule has 0 bridgehead atoms. The van der Waals surface area contributed by atoms with Crippen LogP contribution in [0, 0.1) is 6.92 Å². The Bertz CT molecular complexity index is 1720. The Morgan fingerprint density at radius 3 is 2.35 bits per heavy atom. The van der Waals surface area contributed by atoms with E-state index in [1.807, 2.05) is 0 Å². The van der Waals surface area contributed by atoms with Crippen LogP contribution in [-0.2, 0) is 16.0 Å². The van der Waals surface area contributed by atoms with Crippen molar-refractivity contribution in [3.8, 4) is 22.8 Å². The van der Waals surface area contributed by atoms with Crippen LogP contribution in [0.4, 0.5) is 18.9 Å². The van der Waals surface area contributed by atoms with Crippen LogP contribution < -0.4 is 14.8 Å². The molecule has 1 aliphatic rings. The van der Waals surface area contributed by atoms with Gasteiger partial charge in [-0.1, -0.05) is 0 Å². The van der Waals surface area contributed by atoms with E-state index in [2.05, 4.69) is 10.4 Å². The monoisotopic (exact) mass is 574 g/mol. The minimum atomic E-state index is -4.51. The normalized spacial score (nSPS) is 16.7. The van der Waals surface area contributed by atoms with Gasteiger partial charge in [-0.2, -0.15) is 18.3 Å². The van der Waals surface area contributed by atoms with Crippen LogP contribution >= 0.6 is 0 Å². The summed E-state index contributed by atoms with van der Waals surface area (Å²) in [4.78, 5) is 18.3. The van der Waals surface area contributed by atoms with E-state index in [1.165, 1.54) is 26.4 Å². The molecule has 5 rings (SSSR count). The smallest absolute Gasteiger partial charge is 0.416 e. The number of rotatable bonds is 6. The predicted molar refractivity (Wildman–Crippen MR) is 143 cm³/mol. The zero-order chi connectivity index (χ0) is 28.8. The van der Waals surface area contributed by atoms with Crippen molar-refractivity contribution >= 4 is 32.5 Å². The first kappa shape index (κ1) is 27.4. The highest BCUT2D eigenvalue weighted by Gasteiger charge is 2.33. The second-order valence-corrected chi connectivity index (χ2v) is 11.7. The van der Waals surface area contributed by atoms with Gasteiger partial charge in [-0.3, -0.25) is 4.79 Å². The number of nitrogens with one attached hydrogen (secondary N) is 1. The lowest BCUT2D eigenvalue weighted by Gasteiger charge is -2.14. The number of carbonyl (C=O) groups is 1. The number of methoxy groups -OCH3 is 2. The van der Waals surface area contributed by atoms with E-state index in [1.54, 1.807) is 35.9 Å². The molecule has 0 saturated carbocycles. The van der Waals surface area contributed by atoms with Crippen molar-refractivity contribution in [2.24, 2.45) is 0 Å². The number of aryl methyl sites for hydroxylation is 1. The Balaban J connectivity index is 1.64. The van der Waals surface area contributed by atoms with Crippen LogP contribution in [0.5, 0.6) is 11.5 Å². The van der Waals surface area contributed by atoms with E-state index >= 15 is 0 Å². The first-order chi connectivity index (χ1) is 18.9. The van der Waals surface area contributed by atoms with E-state index in [-0.39, 0.29) is 22.8 Å². The summed E-state index contributed by atoms with van der Waals surface area (Å²) in [6, 6.07) is 10.3. The molecule has 1 fully saturated rings. The highest BCUT2D eigenvalue weighted by atomic mass is 32.2. The van der Waals surface area contributed by atoms with Crippen molar-refractivity contribution in [1.82, 2.24) is 14.8 Å². The second kappa shape index (κ2) is 10.1. The lowest BCUT2D eigenvalue weighted by atomic mass is 10.0. The highest BCUT2D eigenvalue weighted by Crippen LogP contribution is 2.36. The summed E-state index contributed by atoms with van der Waals surface area (Å²) in [6.45, 7) is 1.69. The molecule has 0 radical (unpaired) electrons. The van der Waals surface area contributed by atoms with Crippen molar-refractivity contribution < 1.29 is 35.9 Å². The quantitative estimate of drug-likeness (QED) is 0.343. The zero-order valence-electron chi connectivity index (χ0n) is 21.7. The van der Waals surface area contributed by atoms with Crippen LogP contribution in [0.15, 0.2) is 48.5 Å². The Hall–Kier alpha value is -4.13. The highest BCUT2D eigenvalue weighted by molar-refractivity contribution is 7.91. The minimum Gasteiger partial charge on any atom is -0.493 e. The van der Waals surface area contributed by atoms with Crippen molar-refractivity contribution in [3.63, 3.8) is 0 Å². The Labute approximate surface area is 227 Å². The molecule has 4 aromatic rings. The van der Waals surface area contributed by atoms with Crippen LogP contribution in [0.1, 0.15) is 34.1 Å². The number of benzene rings is 2. The molecule has 1 N–H and O–H groups in total. The van der Waals surface area contributed by atoms with Gasteiger partial charge in [0.1, 0.15) is 0 Å². The first-order valence-corrected chi connectivity index (χ1v) is 14.0. The van der Waals surface area contributed by atoms with Gasteiger partial charge in [0, 0.05) is 11.3 Å². The number of halogens is 3. The minimum absolute atomic E-state index is 0.0225. The topological polar surface area (TPSA) is 112 Å². The van der Waals surface area contributed by atoms with Crippen molar-refractivity contribution in [3.05, 3.63) is 65.4 Å². The lowest BCUT2D eigenvalue weighted by Crippen LogP contribution is -2.15. The maximum Gasteiger partial charge on any atom is 0.416 e. The maximum atomic E-state index is 13.6. The fourth-order valence-electron chi connectivity index (χ4n) is 4.80. The zero-order valence-corrected chi connectivity index (χ0v) is 22.6. The third kappa shape index (κ3) is 5.20. The number of hydrogen-bond acceptors (Lipinski definition) is 7. The number of aromatic nitrogens is 3. The molecule has 0 aliphatic carbocycles. The average Bonchev–Trinajstić information content (AvgIpc) is 3.45. The summed E-state index contributed by atoms with van der Waals surface area (Å²) in [5.74, 6) is 0.261. The number of fused-ring (bicyclic) bond motifs is 1. The SMILES string of the molecule is COc1ccc(-c2cc(C(=O)Nc3ccc(C(F)(F)F)cc3)c3c(C)nn(C4CCS(=O)(=O)C4)c3n2)cc1OC. The molecular weight excluding hydrogens is 549 g/mol. The van der Waals surface area contributed by atoms with Gasteiger partial charge < -0.3 is 14.8 Å². The Kier molecular flexibility index (Phi) is 6.94. The Morgan fingerprint density at radius 1 is 1.05 bits per heavy atom. The van der Waals surface area contributed by atoms with Gasteiger partial charge in [-0.05, 0) is 61.9 Å². The number of pyridine rings is 1. The molecular formula is C27H25F3N4O5S. The molecule has 13 heteroatoms. The number of nitrogens with zero attached hydrogens (tertiary/aromatic N) is 3. The van der Waals surface area contributed by atoms with E-state index in [0.717, 1.165) is 12.1 Å². The van der Waals surface area contributed by atoms with Gasteiger partial charge in [0.05, 0.1) is 59.7 Å². The van der Waals surface area contributed by atoms with Crippen molar-refractivity contribution in [2.75, 3.05) is 31.0 Å². The lowest BCUT2D eigenvalue weighted by molar-refractivity contribution is -0.137. The van der Waals surface area contributed by atoms with E-state index in [4.69, 9.17) is 14.5 Å². The number of amides is 1. The molecule has 9 nitrogen and oxygen atoms in total. The molecule has 2 aromatic heterocycles. The summed E-state index contributed by atoms with van der Waals surface area (Å²) in [5, 5.41) is 7.63. The van der Waals surface area contributed by atoms with E-state index < -0.39 is 33.5 Å². The standard InChI is InChI=1S/C27H25F3N4O5S/c1-15-24-20(26(35)31-18-7-5-17(6-8-18)27(28,29)30)13-21(16-4-9-22(38-2)23(12-16)39-3)32-25(24)34(33-15)19-10-11-40(36,37)14-19/h4-9,12-13,19H,10-11,14H2,1-3H3,(H,31,35). The molecule has 1 saturated heterocycles. The molecule has 1 aliphatic heterocycles. The molecule has 1 unspecified atom stereocenters. The Morgan fingerprint density at radius 2 is 1.75 bits per heavy atom. The van der Waals surface area contributed by atoms with Crippen LogP contribution in [0.2, 0.25) is 0 Å². The number of anilines is 1. The number of hydrogen-bond donors (Lipinski definition) is 1. The van der Waals surface area contributed by atoms with Gasteiger partial charge in [0.25, 0.3) is 5.91 Å². The van der Waals surface area contributed by atoms with Gasteiger partial charge in [0.2, 0.25) is 0 Å². The first-order valence-electron chi connectivity index (χ1n) is 12.2. The number of ether oxygens (including phenoxy) is 2. The maximum absolute atomic E-state index is 13.6. The third-order valence-electron chi connectivity index (χ3n) is 6.79. The predicted octanol–water partition coefficient (Wildman–Crippen LogP) is 5.05. The summed E-state index contributed by atoms with van der Waals surface area (Å²) >= 11 is 0. The second-order valence-electron chi connectivity index (χ2n) is 9.44. The molecule has 0 spiro atoms. The number of carbonyl (C=O) groups excluding carboxylic acids is 1. The fourth-order valence-corrected chi connectivity index (χ4v) is 6.49.